The molecule has 1 atom stereocenters. The predicted molar refractivity (Wildman–Crippen MR) is 58.7 cm³/mol. The van der Waals surface area contributed by atoms with Crippen LogP contribution in [0.1, 0.15) is 20.3 Å². The van der Waals surface area contributed by atoms with Gasteiger partial charge in [0.15, 0.2) is 0 Å². The van der Waals surface area contributed by atoms with Crippen LogP contribution in [0.2, 0.25) is 0 Å². The molecule has 6 nitrogen and oxygen atoms in total. The van der Waals surface area contributed by atoms with E-state index in [4.69, 9.17) is 5.14 Å². The van der Waals surface area contributed by atoms with Gasteiger partial charge in [0.05, 0.1) is 5.75 Å². The number of sulfonamides is 1. The van der Waals surface area contributed by atoms with E-state index in [1.54, 1.807) is 0 Å². The third-order valence-electron chi connectivity index (χ3n) is 1.75. The first kappa shape index (κ1) is 14.3. The minimum Gasteiger partial charge on any atom is -0.355 e. The topological polar surface area (TPSA) is 101 Å². The van der Waals surface area contributed by atoms with Crippen molar-refractivity contribution >= 4 is 15.9 Å². The van der Waals surface area contributed by atoms with Gasteiger partial charge in [0.2, 0.25) is 15.9 Å². The lowest BCUT2D eigenvalue weighted by atomic mass is 10.2. The average molecular weight is 237 g/mol. The SMILES string of the molecule is CCNC(C)CC(=O)NCCS(N)(=O)=O. The molecule has 7 heteroatoms. The molecule has 0 saturated carbocycles. The molecule has 90 valence electrons. The lowest BCUT2D eigenvalue weighted by Crippen LogP contribution is -2.36. The summed E-state index contributed by atoms with van der Waals surface area (Å²) in [5, 5.41) is 10.3. The molecule has 0 bridgehead atoms. The monoisotopic (exact) mass is 237 g/mol. The Morgan fingerprint density at radius 2 is 2.07 bits per heavy atom. The molecule has 1 unspecified atom stereocenters. The van der Waals surface area contributed by atoms with Gasteiger partial charge in [0.25, 0.3) is 0 Å². The van der Waals surface area contributed by atoms with Gasteiger partial charge >= 0.3 is 0 Å². The Balaban J connectivity index is 3.67. The third-order valence-corrected chi connectivity index (χ3v) is 2.53. The highest BCUT2D eigenvalue weighted by atomic mass is 32.2. The standard InChI is InChI=1S/C8H19N3O3S/c1-3-10-7(2)6-8(12)11-4-5-15(9,13)14/h7,10H,3-6H2,1-2H3,(H,11,12)(H2,9,13,14). The third kappa shape index (κ3) is 9.64. The zero-order valence-electron chi connectivity index (χ0n) is 9.12. The minimum atomic E-state index is -3.49. The number of carbonyl (C=O) groups is 1. The lowest BCUT2D eigenvalue weighted by molar-refractivity contribution is -0.121. The van der Waals surface area contributed by atoms with Crippen molar-refractivity contribution in [1.29, 1.82) is 0 Å². The van der Waals surface area contributed by atoms with E-state index in [-0.39, 0.29) is 24.2 Å². The molecule has 0 rings (SSSR count). The first-order chi connectivity index (χ1) is 6.85. The highest BCUT2D eigenvalue weighted by Gasteiger charge is 2.08. The van der Waals surface area contributed by atoms with Gasteiger partial charge < -0.3 is 10.6 Å². The maximum Gasteiger partial charge on any atom is 0.221 e. The zero-order chi connectivity index (χ0) is 11.9. The number of hydrogen-bond acceptors (Lipinski definition) is 4. The Morgan fingerprint density at radius 3 is 2.53 bits per heavy atom. The van der Waals surface area contributed by atoms with Crippen molar-refractivity contribution in [2.75, 3.05) is 18.8 Å². The quantitative estimate of drug-likeness (QED) is 0.516. The van der Waals surface area contributed by atoms with Crippen molar-refractivity contribution in [2.24, 2.45) is 5.14 Å². The highest BCUT2D eigenvalue weighted by Crippen LogP contribution is 1.89. The molecule has 15 heavy (non-hydrogen) atoms. The summed E-state index contributed by atoms with van der Waals surface area (Å²) in [6, 6.07) is 0.0875. The van der Waals surface area contributed by atoms with E-state index in [2.05, 4.69) is 10.6 Å². The van der Waals surface area contributed by atoms with Crippen LogP contribution in [-0.4, -0.2) is 39.2 Å². The molecular weight excluding hydrogens is 218 g/mol. The number of rotatable bonds is 7. The van der Waals surface area contributed by atoms with E-state index in [1.807, 2.05) is 13.8 Å². The van der Waals surface area contributed by atoms with Gasteiger partial charge in [-0.05, 0) is 13.5 Å². The second kappa shape index (κ2) is 6.76. The van der Waals surface area contributed by atoms with Gasteiger partial charge in [0.1, 0.15) is 0 Å². The molecule has 0 saturated heterocycles. The summed E-state index contributed by atoms with van der Waals surface area (Å²) in [6.45, 7) is 4.71. The van der Waals surface area contributed by atoms with Crippen molar-refractivity contribution in [3.05, 3.63) is 0 Å². The zero-order valence-corrected chi connectivity index (χ0v) is 9.93. The average Bonchev–Trinajstić information content (AvgIpc) is 2.01. The molecule has 0 heterocycles. The number of nitrogens with two attached hydrogens (primary N) is 1. The number of primary sulfonamides is 1. The number of amides is 1. The molecule has 0 aliphatic rings. The van der Waals surface area contributed by atoms with E-state index < -0.39 is 10.0 Å². The van der Waals surface area contributed by atoms with Crippen LogP contribution >= 0.6 is 0 Å². The Morgan fingerprint density at radius 1 is 1.47 bits per heavy atom. The molecule has 0 spiro atoms. The van der Waals surface area contributed by atoms with Crippen LogP contribution in [0.15, 0.2) is 0 Å². The Bertz CT molecular complexity index is 290. The van der Waals surface area contributed by atoms with Crippen LogP contribution in [0.3, 0.4) is 0 Å². The van der Waals surface area contributed by atoms with Crippen LogP contribution in [0.25, 0.3) is 0 Å². The molecule has 4 N–H and O–H groups in total. The summed E-state index contributed by atoms with van der Waals surface area (Å²) in [6.07, 6.45) is 0.332. The summed E-state index contributed by atoms with van der Waals surface area (Å²) >= 11 is 0. The second-order valence-corrected chi connectivity index (χ2v) is 5.11. The summed E-state index contributed by atoms with van der Waals surface area (Å²) in [5.74, 6) is -0.402. The normalized spacial score (nSPS) is 13.5. The smallest absolute Gasteiger partial charge is 0.221 e. The van der Waals surface area contributed by atoms with Crippen molar-refractivity contribution in [3.63, 3.8) is 0 Å². The van der Waals surface area contributed by atoms with Gasteiger partial charge in [0, 0.05) is 19.0 Å². The number of nitrogens with one attached hydrogen (secondary N) is 2. The summed E-state index contributed by atoms with van der Waals surface area (Å²) in [4.78, 5) is 11.2. The Labute approximate surface area is 90.7 Å². The van der Waals surface area contributed by atoms with Gasteiger partial charge in [-0.15, -0.1) is 0 Å². The maximum atomic E-state index is 11.2. The summed E-state index contributed by atoms with van der Waals surface area (Å²) in [5.41, 5.74) is 0. The van der Waals surface area contributed by atoms with Crippen molar-refractivity contribution < 1.29 is 13.2 Å². The van der Waals surface area contributed by atoms with E-state index >= 15 is 0 Å². The molecular formula is C8H19N3O3S. The van der Waals surface area contributed by atoms with E-state index in [9.17, 15) is 13.2 Å². The van der Waals surface area contributed by atoms with Gasteiger partial charge in [-0.25, -0.2) is 13.6 Å². The van der Waals surface area contributed by atoms with Crippen molar-refractivity contribution in [1.82, 2.24) is 10.6 Å². The first-order valence-electron chi connectivity index (χ1n) is 4.85. The summed E-state index contributed by atoms with van der Waals surface area (Å²) < 4.78 is 21.1. The number of hydrogen-bond donors (Lipinski definition) is 3. The molecule has 0 aromatic heterocycles. The van der Waals surface area contributed by atoms with E-state index in [0.29, 0.717) is 6.42 Å². The van der Waals surface area contributed by atoms with Gasteiger partial charge in [-0.2, -0.15) is 0 Å². The molecule has 0 radical (unpaired) electrons. The lowest BCUT2D eigenvalue weighted by Gasteiger charge is -2.11. The molecule has 0 fully saturated rings. The molecule has 0 aliphatic heterocycles. The fourth-order valence-electron chi connectivity index (χ4n) is 1.10. The van der Waals surface area contributed by atoms with Gasteiger partial charge in [-0.3, -0.25) is 4.79 Å². The van der Waals surface area contributed by atoms with Crippen molar-refractivity contribution in [3.8, 4) is 0 Å². The molecule has 1 amide bonds. The minimum absolute atomic E-state index is 0.0660. The van der Waals surface area contributed by atoms with E-state index in [0.717, 1.165) is 6.54 Å². The number of carbonyl (C=O) groups excluding carboxylic acids is 1. The predicted octanol–water partition coefficient (Wildman–Crippen LogP) is -1.22. The highest BCUT2D eigenvalue weighted by molar-refractivity contribution is 7.89. The summed E-state index contributed by atoms with van der Waals surface area (Å²) in [7, 11) is -3.49. The van der Waals surface area contributed by atoms with Crippen LogP contribution in [-0.2, 0) is 14.8 Å². The van der Waals surface area contributed by atoms with Crippen LogP contribution in [0.5, 0.6) is 0 Å². The fraction of sp³-hybridized carbons (Fsp3) is 0.875. The van der Waals surface area contributed by atoms with Crippen molar-refractivity contribution in [2.45, 2.75) is 26.3 Å². The Hall–Kier alpha value is -0.660. The fourth-order valence-corrected chi connectivity index (χ4v) is 1.49. The largest absolute Gasteiger partial charge is 0.355 e. The second-order valence-electron chi connectivity index (χ2n) is 3.38. The maximum absolute atomic E-state index is 11.2. The molecule has 0 aliphatic carbocycles. The molecule has 0 aromatic rings. The van der Waals surface area contributed by atoms with E-state index in [1.165, 1.54) is 0 Å². The van der Waals surface area contributed by atoms with Gasteiger partial charge in [-0.1, -0.05) is 6.92 Å². The Kier molecular flexibility index (Phi) is 6.46. The van der Waals surface area contributed by atoms with Crippen LogP contribution < -0.4 is 15.8 Å². The molecule has 0 aromatic carbocycles. The van der Waals surface area contributed by atoms with Crippen LogP contribution in [0.4, 0.5) is 0 Å². The van der Waals surface area contributed by atoms with Crippen LogP contribution in [0, 0.1) is 0 Å². The first-order valence-corrected chi connectivity index (χ1v) is 6.57.